The standard InChI is InChI=1S/C14H23N3O2/c1-4-19-13(18)14(3,16-12-6-7-12)10-11(2)17-9-5-8-15-17/h5,8-9,11-12,16H,4,6-7,10H2,1-3H3. The van der Waals surface area contributed by atoms with Gasteiger partial charge in [0.05, 0.1) is 12.6 Å². The summed E-state index contributed by atoms with van der Waals surface area (Å²) in [5, 5.41) is 7.67. The second-order valence-corrected chi connectivity index (χ2v) is 5.51. The number of esters is 1. The molecule has 5 nitrogen and oxygen atoms in total. The lowest BCUT2D eigenvalue weighted by molar-refractivity contribution is -0.151. The van der Waals surface area contributed by atoms with Crippen LogP contribution < -0.4 is 5.32 Å². The van der Waals surface area contributed by atoms with E-state index < -0.39 is 5.54 Å². The van der Waals surface area contributed by atoms with Crippen molar-refractivity contribution in [1.29, 1.82) is 0 Å². The monoisotopic (exact) mass is 265 g/mol. The predicted octanol–water partition coefficient (Wildman–Crippen LogP) is 1.91. The zero-order valence-electron chi connectivity index (χ0n) is 11.9. The highest BCUT2D eigenvalue weighted by Gasteiger charge is 2.40. The van der Waals surface area contributed by atoms with Crippen LogP contribution in [0.5, 0.6) is 0 Å². The molecule has 2 rings (SSSR count). The highest BCUT2D eigenvalue weighted by Crippen LogP contribution is 2.28. The van der Waals surface area contributed by atoms with Gasteiger partial charge in [-0.3, -0.25) is 14.8 Å². The molecule has 1 N–H and O–H groups in total. The van der Waals surface area contributed by atoms with Gasteiger partial charge in [0, 0.05) is 18.4 Å². The molecule has 1 aliphatic carbocycles. The van der Waals surface area contributed by atoms with E-state index in [1.54, 1.807) is 6.20 Å². The lowest BCUT2D eigenvalue weighted by atomic mass is 9.93. The van der Waals surface area contributed by atoms with Gasteiger partial charge >= 0.3 is 5.97 Å². The van der Waals surface area contributed by atoms with Crippen molar-refractivity contribution in [2.24, 2.45) is 0 Å². The van der Waals surface area contributed by atoms with Gasteiger partial charge in [0.2, 0.25) is 0 Å². The van der Waals surface area contributed by atoms with Crippen LogP contribution in [0, 0.1) is 0 Å². The highest BCUT2D eigenvalue weighted by molar-refractivity contribution is 5.80. The minimum absolute atomic E-state index is 0.149. The van der Waals surface area contributed by atoms with Crippen molar-refractivity contribution >= 4 is 5.97 Å². The molecular weight excluding hydrogens is 242 g/mol. The van der Waals surface area contributed by atoms with E-state index in [0.717, 1.165) is 12.8 Å². The number of hydrogen-bond donors (Lipinski definition) is 1. The van der Waals surface area contributed by atoms with E-state index in [2.05, 4.69) is 17.3 Å². The van der Waals surface area contributed by atoms with Crippen LogP contribution in [0.4, 0.5) is 0 Å². The van der Waals surface area contributed by atoms with Crippen molar-refractivity contribution in [2.45, 2.75) is 57.7 Å². The maximum Gasteiger partial charge on any atom is 0.326 e. The quantitative estimate of drug-likeness (QED) is 0.765. The summed E-state index contributed by atoms with van der Waals surface area (Å²) in [6, 6.07) is 2.50. The summed E-state index contributed by atoms with van der Waals surface area (Å²) in [6.45, 7) is 6.26. The maximum atomic E-state index is 12.2. The summed E-state index contributed by atoms with van der Waals surface area (Å²) in [6.07, 6.45) is 6.64. The Morgan fingerprint density at radius 3 is 2.89 bits per heavy atom. The SMILES string of the molecule is CCOC(=O)C(C)(CC(C)n1cccn1)NC1CC1. The van der Waals surface area contributed by atoms with Crippen LogP contribution in [-0.2, 0) is 9.53 Å². The summed E-state index contributed by atoms with van der Waals surface area (Å²) in [4.78, 5) is 12.2. The fourth-order valence-electron chi connectivity index (χ4n) is 2.40. The Bertz CT molecular complexity index is 414. The minimum Gasteiger partial charge on any atom is -0.465 e. The molecule has 0 saturated heterocycles. The molecule has 0 aliphatic heterocycles. The van der Waals surface area contributed by atoms with E-state index >= 15 is 0 Å². The van der Waals surface area contributed by atoms with E-state index in [9.17, 15) is 4.79 Å². The second kappa shape index (κ2) is 5.74. The van der Waals surface area contributed by atoms with Gasteiger partial charge in [0.15, 0.2) is 0 Å². The minimum atomic E-state index is -0.636. The molecule has 0 amide bonds. The number of carbonyl (C=O) groups excluding carboxylic acids is 1. The molecule has 2 atom stereocenters. The van der Waals surface area contributed by atoms with Crippen LogP contribution in [0.3, 0.4) is 0 Å². The molecule has 1 saturated carbocycles. The highest BCUT2D eigenvalue weighted by atomic mass is 16.5. The van der Waals surface area contributed by atoms with Crippen molar-refractivity contribution in [3.63, 3.8) is 0 Å². The first kappa shape index (κ1) is 14.1. The molecule has 1 aromatic heterocycles. The van der Waals surface area contributed by atoms with Crippen molar-refractivity contribution in [3.05, 3.63) is 18.5 Å². The third-order valence-electron chi connectivity index (χ3n) is 3.51. The van der Waals surface area contributed by atoms with E-state index in [0.29, 0.717) is 19.1 Å². The molecule has 19 heavy (non-hydrogen) atoms. The number of nitrogens with zero attached hydrogens (tertiary/aromatic N) is 2. The van der Waals surface area contributed by atoms with E-state index in [1.165, 1.54) is 0 Å². The average Bonchev–Trinajstić information content (AvgIpc) is 2.98. The third kappa shape index (κ3) is 3.56. The van der Waals surface area contributed by atoms with Gasteiger partial charge in [-0.05, 0) is 46.1 Å². The molecule has 0 spiro atoms. The summed E-state index contributed by atoms with van der Waals surface area (Å²) < 4.78 is 7.10. The Morgan fingerprint density at radius 2 is 2.37 bits per heavy atom. The normalized spacial score (nSPS) is 19.7. The number of carbonyl (C=O) groups is 1. The lowest BCUT2D eigenvalue weighted by Crippen LogP contribution is -2.52. The zero-order chi connectivity index (χ0) is 13.9. The van der Waals surface area contributed by atoms with Gasteiger partial charge in [-0.1, -0.05) is 0 Å². The molecule has 1 aromatic rings. The smallest absolute Gasteiger partial charge is 0.326 e. The summed E-state index contributed by atoms with van der Waals surface area (Å²) in [5.41, 5.74) is -0.636. The molecule has 5 heteroatoms. The van der Waals surface area contributed by atoms with Crippen LogP contribution in [0.25, 0.3) is 0 Å². The van der Waals surface area contributed by atoms with E-state index in [4.69, 9.17) is 4.74 Å². The number of hydrogen-bond acceptors (Lipinski definition) is 4. The summed E-state index contributed by atoms with van der Waals surface area (Å²) >= 11 is 0. The van der Waals surface area contributed by atoms with Gasteiger partial charge in [-0.2, -0.15) is 5.10 Å². The largest absolute Gasteiger partial charge is 0.465 e. The Balaban J connectivity index is 2.05. The molecule has 1 fully saturated rings. The van der Waals surface area contributed by atoms with Crippen molar-refractivity contribution in [1.82, 2.24) is 15.1 Å². The van der Waals surface area contributed by atoms with Crippen LogP contribution in [-0.4, -0.2) is 33.9 Å². The van der Waals surface area contributed by atoms with Gasteiger partial charge in [-0.25, -0.2) is 0 Å². The molecule has 0 bridgehead atoms. The molecule has 1 aliphatic rings. The number of nitrogens with one attached hydrogen (secondary N) is 1. The number of ether oxygens (including phenoxy) is 1. The second-order valence-electron chi connectivity index (χ2n) is 5.51. The van der Waals surface area contributed by atoms with E-state index in [1.807, 2.05) is 30.8 Å². The zero-order valence-corrected chi connectivity index (χ0v) is 11.9. The number of aromatic nitrogens is 2. The molecule has 0 aromatic carbocycles. The van der Waals surface area contributed by atoms with Gasteiger partial charge in [0.1, 0.15) is 5.54 Å². The van der Waals surface area contributed by atoms with Crippen LogP contribution in [0.2, 0.25) is 0 Å². The van der Waals surface area contributed by atoms with Gasteiger partial charge < -0.3 is 4.74 Å². The summed E-state index contributed by atoms with van der Waals surface area (Å²) in [7, 11) is 0. The predicted molar refractivity (Wildman–Crippen MR) is 72.8 cm³/mol. The summed E-state index contributed by atoms with van der Waals surface area (Å²) in [5.74, 6) is -0.166. The Labute approximate surface area is 114 Å². The fraction of sp³-hybridized carbons (Fsp3) is 0.714. The molecule has 0 radical (unpaired) electrons. The Kier molecular flexibility index (Phi) is 4.24. The molecule has 2 unspecified atom stereocenters. The Hall–Kier alpha value is -1.36. The van der Waals surface area contributed by atoms with Gasteiger partial charge in [0.25, 0.3) is 0 Å². The van der Waals surface area contributed by atoms with Crippen molar-refractivity contribution in [2.75, 3.05) is 6.61 Å². The molecule has 1 heterocycles. The van der Waals surface area contributed by atoms with Gasteiger partial charge in [-0.15, -0.1) is 0 Å². The lowest BCUT2D eigenvalue weighted by Gasteiger charge is -2.31. The van der Waals surface area contributed by atoms with Crippen molar-refractivity contribution < 1.29 is 9.53 Å². The third-order valence-corrected chi connectivity index (χ3v) is 3.51. The van der Waals surface area contributed by atoms with E-state index in [-0.39, 0.29) is 12.0 Å². The number of rotatable bonds is 7. The average molecular weight is 265 g/mol. The van der Waals surface area contributed by atoms with Crippen molar-refractivity contribution in [3.8, 4) is 0 Å². The topological polar surface area (TPSA) is 56.2 Å². The molecular formula is C14H23N3O2. The van der Waals surface area contributed by atoms with Crippen LogP contribution in [0.1, 0.15) is 46.1 Å². The first-order valence-electron chi connectivity index (χ1n) is 6.99. The first-order chi connectivity index (χ1) is 9.05. The molecule has 106 valence electrons. The fourth-order valence-corrected chi connectivity index (χ4v) is 2.40. The van der Waals surface area contributed by atoms with Crippen LogP contribution >= 0.6 is 0 Å². The van der Waals surface area contributed by atoms with Crippen LogP contribution in [0.15, 0.2) is 18.5 Å². The Morgan fingerprint density at radius 1 is 1.63 bits per heavy atom. The maximum absolute atomic E-state index is 12.2. The first-order valence-corrected chi connectivity index (χ1v) is 6.99.